The molecule has 0 radical (unpaired) electrons. The molecule has 6 nitrogen and oxygen atoms in total. The molecule has 0 saturated carbocycles. The number of nitrogens with two attached hydrogens (primary N) is 1. The van der Waals surface area contributed by atoms with Crippen molar-refractivity contribution in [3.63, 3.8) is 0 Å². The first kappa shape index (κ1) is 16.5. The van der Waals surface area contributed by atoms with E-state index in [2.05, 4.69) is 4.72 Å². The molecule has 0 spiro atoms. The molecule has 0 unspecified atom stereocenters. The Morgan fingerprint density at radius 1 is 1.00 bits per heavy atom. The van der Waals surface area contributed by atoms with Crippen molar-refractivity contribution in [3.05, 3.63) is 59.7 Å². The molecular formula is C14H16N2O4S2. The average molecular weight is 340 g/mol. The summed E-state index contributed by atoms with van der Waals surface area (Å²) < 4.78 is 49.1. The second kappa shape index (κ2) is 6.07. The molecule has 22 heavy (non-hydrogen) atoms. The van der Waals surface area contributed by atoms with E-state index in [1.165, 1.54) is 18.2 Å². The molecule has 3 N–H and O–H groups in total. The standard InChI is InChI=1S/C14H16N2O4S2/c1-11-5-7-14(8-6-11)22(19,20)16-13-4-2-3-12(9-13)10-21(15,17)18/h2-9,16H,10H2,1H3,(H2,15,17,18). The van der Waals surface area contributed by atoms with Gasteiger partial charge in [-0.3, -0.25) is 4.72 Å². The molecule has 0 amide bonds. The summed E-state index contributed by atoms with van der Waals surface area (Å²) in [6.45, 7) is 1.86. The van der Waals surface area contributed by atoms with Crippen molar-refractivity contribution in [2.24, 2.45) is 5.14 Å². The molecule has 0 saturated heterocycles. The van der Waals surface area contributed by atoms with E-state index in [-0.39, 0.29) is 16.3 Å². The van der Waals surface area contributed by atoms with Gasteiger partial charge in [-0.15, -0.1) is 0 Å². The van der Waals surface area contributed by atoms with Gasteiger partial charge in [0, 0.05) is 5.69 Å². The highest BCUT2D eigenvalue weighted by molar-refractivity contribution is 7.92. The summed E-state index contributed by atoms with van der Waals surface area (Å²) in [4.78, 5) is 0.134. The van der Waals surface area contributed by atoms with Crippen LogP contribution in [0, 0.1) is 6.92 Å². The number of rotatable bonds is 5. The molecule has 2 aromatic rings. The Balaban J connectivity index is 2.26. The van der Waals surface area contributed by atoms with Crippen molar-refractivity contribution < 1.29 is 16.8 Å². The lowest BCUT2D eigenvalue weighted by atomic mass is 10.2. The van der Waals surface area contributed by atoms with Crippen LogP contribution in [0.1, 0.15) is 11.1 Å². The third-order valence-electron chi connectivity index (χ3n) is 2.88. The summed E-state index contributed by atoms with van der Waals surface area (Å²) in [6.07, 6.45) is 0. The molecule has 2 rings (SSSR count). The summed E-state index contributed by atoms with van der Waals surface area (Å²) in [5, 5.41) is 4.98. The first-order valence-electron chi connectivity index (χ1n) is 6.35. The lowest BCUT2D eigenvalue weighted by Gasteiger charge is -2.09. The lowest BCUT2D eigenvalue weighted by Crippen LogP contribution is -2.15. The molecule has 0 aliphatic heterocycles. The molecule has 8 heteroatoms. The van der Waals surface area contributed by atoms with Gasteiger partial charge in [-0.05, 0) is 36.8 Å². The van der Waals surface area contributed by atoms with Gasteiger partial charge in [0.25, 0.3) is 10.0 Å². The predicted molar refractivity (Wildman–Crippen MR) is 85.2 cm³/mol. The minimum absolute atomic E-state index is 0.134. The van der Waals surface area contributed by atoms with Crippen molar-refractivity contribution in [2.45, 2.75) is 17.6 Å². The monoisotopic (exact) mass is 340 g/mol. The first-order chi connectivity index (χ1) is 10.2. The minimum atomic E-state index is -3.72. The van der Waals surface area contributed by atoms with Gasteiger partial charge in [0.05, 0.1) is 10.6 Å². The molecule has 0 heterocycles. The molecular weight excluding hydrogens is 324 g/mol. The van der Waals surface area contributed by atoms with Gasteiger partial charge >= 0.3 is 0 Å². The fourth-order valence-corrected chi connectivity index (χ4v) is 3.58. The van der Waals surface area contributed by atoms with Crippen LogP contribution < -0.4 is 9.86 Å². The predicted octanol–water partition coefficient (Wildman–Crippen LogP) is 1.58. The number of aryl methyl sites for hydroxylation is 1. The highest BCUT2D eigenvalue weighted by Gasteiger charge is 2.14. The van der Waals surface area contributed by atoms with Crippen LogP contribution in [0.15, 0.2) is 53.4 Å². The Morgan fingerprint density at radius 2 is 1.64 bits per heavy atom. The Morgan fingerprint density at radius 3 is 2.23 bits per heavy atom. The van der Waals surface area contributed by atoms with Crippen LogP contribution in [0.25, 0.3) is 0 Å². The summed E-state index contributed by atoms with van der Waals surface area (Å²) in [7, 11) is -7.39. The second-order valence-corrected chi connectivity index (χ2v) is 8.22. The van der Waals surface area contributed by atoms with Crippen molar-refractivity contribution in [2.75, 3.05) is 4.72 Å². The summed E-state index contributed by atoms with van der Waals surface area (Å²) >= 11 is 0. The average Bonchev–Trinajstić information content (AvgIpc) is 2.37. The Bertz CT molecular complexity index is 873. The van der Waals surface area contributed by atoms with Crippen molar-refractivity contribution in [1.29, 1.82) is 0 Å². The maximum atomic E-state index is 12.3. The maximum absolute atomic E-state index is 12.3. The first-order valence-corrected chi connectivity index (χ1v) is 9.54. The molecule has 0 bridgehead atoms. The lowest BCUT2D eigenvalue weighted by molar-refractivity contribution is 0.596. The number of anilines is 1. The second-order valence-electron chi connectivity index (χ2n) is 4.93. The van der Waals surface area contributed by atoms with Crippen molar-refractivity contribution >= 4 is 25.7 Å². The topological polar surface area (TPSA) is 106 Å². The summed E-state index contributed by atoms with van der Waals surface area (Å²) in [5.74, 6) is -0.354. The van der Waals surface area contributed by atoms with Gasteiger partial charge in [-0.25, -0.2) is 22.0 Å². The van der Waals surface area contributed by atoms with Crippen LogP contribution in [0.4, 0.5) is 5.69 Å². The zero-order valence-corrected chi connectivity index (χ0v) is 13.5. The summed E-state index contributed by atoms with van der Waals surface area (Å²) in [5.41, 5.74) is 1.64. The van der Waals surface area contributed by atoms with Crippen molar-refractivity contribution in [1.82, 2.24) is 0 Å². The molecule has 0 fully saturated rings. The largest absolute Gasteiger partial charge is 0.280 e. The van der Waals surface area contributed by atoms with E-state index in [9.17, 15) is 16.8 Å². The maximum Gasteiger partial charge on any atom is 0.261 e. The molecule has 0 atom stereocenters. The number of nitrogens with one attached hydrogen (secondary N) is 1. The van der Waals surface area contributed by atoms with Crippen molar-refractivity contribution in [3.8, 4) is 0 Å². The van der Waals surface area contributed by atoms with E-state index in [1.807, 2.05) is 6.92 Å². The zero-order valence-electron chi connectivity index (χ0n) is 11.9. The van der Waals surface area contributed by atoms with Crippen LogP contribution in [0.2, 0.25) is 0 Å². The van der Waals surface area contributed by atoms with Crippen LogP contribution in [0.3, 0.4) is 0 Å². The molecule has 0 aliphatic carbocycles. The van der Waals surface area contributed by atoms with Crippen LogP contribution in [0.5, 0.6) is 0 Å². The number of primary sulfonamides is 1. The number of hydrogen-bond donors (Lipinski definition) is 2. The SMILES string of the molecule is Cc1ccc(S(=O)(=O)Nc2cccc(CS(N)(=O)=O)c2)cc1. The number of hydrogen-bond acceptors (Lipinski definition) is 4. The normalized spacial score (nSPS) is 12.1. The van der Waals surface area contributed by atoms with E-state index in [0.29, 0.717) is 5.56 Å². The van der Waals surface area contributed by atoms with Gasteiger partial charge in [-0.2, -0.15) is 0 Å². The third-order valence-corrected chi connectivity index (χ3v) is 5.01. The van der Waals surface area contributed by atoms with Gasteiger partial charge in [0.1, 0.15) is 0 Å². The molecule has 0 aliphatic rings. The van der Waals surface area contributed by atoms with Gasteiger partial charge in [0.2, 0.25) is 10.0 Å². The van der Waals surface area contributed by atoms with Crippen LogP contribution >= 0.6 is 0 Å². The highest BCUT2D eigenvalue weighted by Crippen LogP contribution is 2.18. The number of benzene rings is 2. The van der Waals surface area contributed by atoms with E-state index >= 15 is 0 Å². The Hall–Kier alpha value is -1.90. The van der Waals surface area contributed by atoms with Crippen LogP contribution in [-0.4, -0.2) is 16.8 Å². The molecule has 2 aromatic carbocycles. The summed E-state index contributed by atoms with van der Waals surface area (Å²) in [6, 6.07) is 12.5. The molecule has 118 valence electrons. The van der Waals surface area contributed by atoms with Gasteiger partial charge in [-0.1, -0.05) is 29.8 Å². The quantitative estimate of drug-likeness (QED) is 0.862. The van der Waals surface area contributed by atoms with Crippen LogP contribution in [-0.2, 0) is 25.8 Å². The fraction of sp³-hybridized carbons (Fsp3) is 0.143. The Labute approximate surface area is 130 Å². The zero-order chi connectivity index (χ0) is 16.4. The van der Waals surface area contributed by atoms with E-state index in [0.717, 1.165) is 5.56 Å². The smallest absolute Gasteiger partial charge is 0.261 e. The van der Waals surface area contributed by atoms with E-state index in [1.54, 1.807) is 30.3 Å². The van der Waals surface area contributed by atoms with E-state index in [4.69, 9.17) is 5.14 Å². The third kappa shape index (κ3) is 4.55. The number of sulfonamides is 2. The van der Waals surface area contributed by atoms with Gasteiger partial charge < -0.3 is 0 Å². The Kier molecular flexibility index (Phi) is 4.55. The highest BCUT2D eigenvalue weighted by atomic mass is 32.2. The fourth-order valence-electron chi connectivity index (χ4n) is 1.89. The minimum Gasteiger partial charge on any atom is -0.280 e. The van der Waals surface area contributed by atoms with E-state index < -0.39 is 20.0 Å². The van der Waals surface area contributed by atoms with Gasteiger partial charge in [0.15, 0.2) is 0 Å². The molecule has 0 aromatic heterocycles.